The summed E-state index contributed by atoms with van der Waals surface area (Å²) in [5, 5.41) is 1.16. The Kier molecular flexibility index (Phi) is 3.54. The van der Waals surface area contributed by atoms with Crippen LogP contribution in [-0.2, 0) is 12.4 Å². The molecule has 0 saturated heterocycles. The van der Waals surface area contributed by atoms with E-state index in [1.54, 1.807) is 0 Å². The molecule has 2 heteroatoms. The van der Waals surface area contributed by atoms with Crippen LogP contribution in [0.2, 0.25) is 0 Å². The first-order chi connectivity index (χ1) is 7.36. The number of aryl methyl sites for hydroxylation is 1. The number of nitrogens with zero attached hydrogens (tertiary/aromatic N) is 1. The Hall–Kier alpha value is -1.11. The summed E-state index contributed by atoms with van der Waals surface area (Å²) in [6, 6.07) is 17.1. The van der Waals surface area contributed by atoms with E-state index in [1.165, 1.54) is 10.2 Å². The minimum absolute atomic E-state index is 0.542. The van der Waals surface area contributed by atoms with E-state index < -0.39 is 0 Å². The average molecular weight is 263 g/mol. The van der Waals surface area contributed by atoms with Crippen LogP contribution in [0.3, 0.4) is 0 Å². The molecule has 0 aliphatic carbocycles. The van der Waals surface area contributed by atoms with E-state index >= 15 is 0 Å². The van der Waals surface area contributed by atoms with Crippen molar-refractivity contribution in [1.82, 2.24) is 0 Å². The van der Waals surface area contributed by atoms with E-state index in [-0.39, 0.29) is 0 Å². The Labute approximate surface area is 96.9 Å². The summed E-state index contributed by atoms with van der Waals surface area (Å²) in [6.45, 7) is 0. The summed E-state index contributed by atoms with van der Waals surface area (Å²) >= 11 is 0.542. The number of pyridine rings is 1. The maximum absolute atomic E-state index is 2.21. The zero-order valence-electron chi connectivity index (χ0n) is 8.76. The van der Waals surface area contributed by atoms with Gasteiger partial charge in [-0.25, -0.2) is 0 Å². The molecule has 0 unspecified atom stereocenters. The second-order valence-electron chi connectivity index (χ2n) is 3.40. The fourth-order valence-electron chi connectivity index (χ4n) is 1.38. The molecule has 1 heterocycles. The normalized spacial score (nSPS) is 10.2. The van der Waals surface area contributed by atoms with Gasteiger partial charge in [-0.1, -0.05) is 0 Å². The molecule has 2 rings (SSSR count). The first kappa shape index (κ1) is 10.4. The molecule has 0 radical (unpaired) electrons. The molecule has 0 aliphatic rings. The predicted molar refractivity (Wildman–Crippen MR) is 63.2 cm³/mol. The number of rotatable bonds is 3. The third-order valence-corrected chi connectivity index (χ3v) is 4.49. The van der Waals surface area contributed by atoms with E-state index in [0.717, 1.165) is 5.32 Å². The molecule has 0 amide bonds. The van der Waals surface area contributed by atoms with Gasteiger partial charge in [-0.2, -0.15) is 0 Å². The Morgan fingerprint density at radius 2 is 1.73 bits per heavy atom. The van der Waals surface area contributed by atoms with Crippen molar-refractivity contribution in [3.63, 3.8) is 0 Å². The van der Waals surface area contributed by atoms with Crippen LogP contribution in [0, 0.1) is 0 Å². The van der Waals surface area contributed by atoms with Gasteiger partial charge in [-0.3, -0.25) is 0 Å². The fourth-order valence-corrected chi connectivity index (χ4v) is 3.41. The molecule has 0 spiro atoms. The van der Waals surface area contributed by atoms with Gasteiger partial charge in [0.15, 0.2) is 0 Å². The molecule has 76 valence electrons. The average Bonchev–Trinajstić information content (AvgIpc) is 2.29. The van der Waals surface area contributed by atoms with Crippen LogP contribution in [0.1, 0.15) is 5.69 Å². The summed E-state index contributed by atoms with van der Waals surface area (Å²) < 4.78 is 3.67. The molecule has 0 saturated carbocycles. The minimum atomic E-state index is 0.542. The summed E-state index contributed by atoms with van der Waals surface area (Å²) in [6.07, 6.45) is 2.11. The fraction of sp³-hybridized carbons (Fsp3) is 0.154. The van der Waals surface area contributed by atoms with Crippen molar-refractivity contribution in [2.24, 2.45) is 7.05 Å². The Bertz CT molecular complexity index is 426. The molecule has 0 aliphatic heterocycles. The van der Waals surface area contributed by atoms with Crippen LogP contribution < -0.4 is 9.03 Å². The Morgan fingerprint density at radius 1 is 1.00 bits per heavy atom. The van der Waals surface area contributed by atoms with E-state index in [4.69, 9.17) is 0 Å². The number of aromatic nitrogens is 1. The van der Waals surface area contributed by atoms with E-state index in [9.17, 15) is 0 Å². The van der Waals surface area contributed by atoms with E-state index in [2.05, 4.69) is 66.3 Å². The van der Waals surface area contributed by atoms with Gasteiger partial charge in [0.1, 0.15) is 0 Å². The van der Waals surface area contributed by atoms with Gasteiger partial charge in [0.2, 0.25) is 0 Å². The van der Waals surface area contributed by atoms with Crippen molar-refractivity contribution in [1.29, 1.82) is 0 Å². The summed E-state index contributed by atoms with van der Waals surface area (Å²) in [7, 11) is 2.11. The monoisotopic (exact) mass is 264 g/mol. The molecular weight excluding hydrogens is 249 g/mol. The summed E-state index contributed by atoms with van der Waals surface area (Å²) in [5.41, 5.74) is 1.40. The topological polar surface area (TPSA) is 3.88 Å². The van der Waals surface area contributed by atoms with Crippen molar-refractivity contribution in [3.8, 4) is 0 Å². The number of hydrogen-bond donors (Lipinski definition) is 0. The molecule has 0 bridgehead atoms. The van der Waals surface area contributed by atoms with Crippen LogP contribution in [-0.4, -0.2) is 15.0 Å². The zero-order valence-corrected chi connectivity index (χ0v) is 10.5. The van der Waals surface area contributed by atoms with Crippen LogP contribution in [0.4, 0.5) is 0 Å². The number of hydrogen-bond acceptors (Lipinski definition) is 0. The van der Waals surface area contributed by atoms with Crippen LogP contribution in [0.25, 0.3) is 0 Å². The van der Waals surface area contributed by atoms with Crippen molar-refractivity contribution >= 4 is 19.4 Å². The van der Waals surface area contributed by atoms with Gasteiger partial charge >= 0.3 is 96.8 Å². The van der Waals surface area contributed by atoms with Crippen molar-refractivity contribution in [2.45, 2.75) is 5.32 Å². The van der Waals surface area contributed by atoms with Crippen molar-refractivity contribution < 1.29 is 4.57 Å². The second kappa shape index (κ2) is 5.11. The molecule has 2 aromatic rings. The van der Waals surface area contributed by atoms with Gasteiger partial charge in [0, 0.05) is 0 Å². The first-order valence-corrected chi connectivity index (χ1v) is 7.04. The summed E-state index contributed by atoms with van der Waals surface area (Å²) in [5.74, 6) is 0. The third-order valence-electron chi connectivity index (χ3n) is 2.29. The van der Waals surface area contributed by atoms with Gasteiger partial charge in [0.05, 0.1) is 0 Å². The van der Waals surface area contributed by atoms with Crippen LogP contribution >= 0.6 is 0 Å². The Morgan fingerprint density at radius 3 is 2.47 bits per heavy atom. The predicted octanol–water partition coefficient (Wildman–Crippen LogP) is 1.04. The zero-order chi connectivity index (χ0) is 10.5. The van der Waals surface area contributed by atoms with Crippen LogP contribution in [0.5, 0.6) is 0 Å². The van der Waals surface area contributed by atoms with Gasteiger partial charge in [-0.15, -0.1) is 0 Å². The molecular formula is C13H14NSe+. The SMILES string of the molecule is C[n+]1ccccc1C[Se]c1ccccc1. The van der Waals surface area contributed by atoms with Gasteiger partial charge in [0.25, 0.3) is 0 Å². The Balaban J connectivity index is 2.03. The first-order valence-electron chi connectivity index (χ1n) is 4.97. The molecule has 0 fully saturated rings. The van der Waals surface area contributed by atoms with Gasteiger partial charge < -0.3 is 0 Å². The maximum atomic E-state index is 2.21. The van der Waals surface area contributed by atoms with Crippen LogP contribution in [0.15, 0.2) is 54.7 Å². The van der Waals surface area contributed by atoms with Crippen molar-refractivity contribution in [2.75, 3.05) is 0 Å². The molecule has 1 nitrogen and oxygen atoms in total. The molecule has 1 aromatic carbocycles. The third kappa shape index (κ3) is 2.92. The molecule has 0 N–H and O–H groups in total. The molecule has 15 heavy (non-hydrogen) atoms. The van der Waals surface area contributed by atoms with E-state index in [0.29, 0.717) is 15.0 Å². The van der Waals surface area contributed by atoms with Gasteiger partial charge in [-0.05, 0) is 0 Å². The van der Waals surface area contributed by atoms with Crippen molar-refractivity contribution in [3.05, 3.63) is 60.4 Å². The second-order valence-corrected chi connectivity index (χ2v) is 5.60. The molecule has 0 atom stereocenters. The van der Waals surface area contributed by atoms with E-state index in [1.807, 2.05) is 0 Å². The summed E-state index contributed by atoms with van der Waals surface area (Å²) in [4.78, 5) is 0. The standard InChI is InChI=1S/C13H14NSe/c1-14-10-6-5-7-12(14)11-15-13-8-3-2-4-9-13/h2-10H,11H2,1H3/q+1. The number of benzene rings is 1. The molecule has 1 aromatic heterocycles. The quantitative estimate of drug-likeness (QED) is 0.575.